The van der Waals surface area contributed by atoms with Gasteiger partial charge in [-0.15, -0.1) is 24.0 Å². The molecule has 0 aliphatic carbocycles. The number of fused-ring (bicyclic) bond motifs is 1. The molecule has 0 fully saturated rings. The average molecular weight is 523 g/mol. The summed E-state index contributed by atoms with van der Waals surface area (Å²) in [5.41, 5.74) is 4.54. The van der Waals surface area contributed by atoms with Crippen molar-refractivity contribution < 1.29 is 0 Å². The van der Waals surface area contributed by atoms with Gasteiger partial charge in [0.1, 0.15) is 5.82 Å². The van der Waals surface area contributed by atoms with Crippen LogP contribution in [0.15, 0.2) is 35.3 Å². The van der Waals surface area contributed by atoms with Crippen LogP contribution in [0.4, 0.5) is 0 Å². The molecule has 30 heavy (non-hydrogen) atoms. The van der Waals surface area contributed by atoms with Gasteiger partial charge in [0.05, 0.1) is 16.7 Å². The zero-order chi connectivity index (χ0) is 20.8. The third kappa shape index (κ3) is 6.20. The van der Waals surface area contributed by atoms with Gasteiger partial charge in [0, 0.05) is 38.9 Å². The molecule has 0 saturated heterocycles. The average Bonchev–Trinajstić information content (AvgIpc) is 3.18. The first-order valence-electron chi connectivity index (χ1n) is 10.4. The first-order chi connectivity index (χ1) is 14.0. The molecule has 1 atom stereocenters. The lowest BCUT2D eigenvalue weighted by Gasteiger charge is -2.17. The van der Waals surface area contributed by atoms with E-state index < -0.39 is 0 Å². The van der Waals surface area contributed by atoms with Crippen molar-refractivity contribution in [1.82, 2.24) is 30.0 Å². The first-order valence-corrected chi connectivity index (χ1v) is 10.4. The zero-order valence-electron chi connectivity index (χ0n) is 18.6. The van der Waals surface area contributed by atoms with Crippen LogP contribution in [0.2, 0.25) is 0 Å². The number of rotatable bonds is 8. The summed E-state index contributed by atoms with van der Waals surface area (Å²) in [6.45, 7) is 12.0. The minimum Gasteiger partial charge on any atom is -0.356 e. The van der Waals surface area contributed by atoms with Crippen LogP contribution in [0.5, 0.6) is 0 Å². The number of aryl methyl sites for hydroxylation is 4. The predicted molar refractivity (Wildman–Crippen MR) is 135 cm³/mol. The number of hydrogen-bond acceptors (Lipinski definition) is 3. The SMILES string of the molecule is CN=C(NCCCn1c(C)nc2ccccc21)NCC(C)Cn1nc(C)cc1C.I. The summed E-state index contributed by atoms with van der Waals surface area (Å²) in [4.78, 5) is 8.98. The standard InChI is InChI=1S/C22H33N7.HI/c1-16(15-29-18(3)13-17(2)27-29)14-25-22(23-5)24-11-8-12-28-19(4)26-20-9-6-7-10-21(20)28;/h6-7,9-10,13,16H,8,11-12,14-15H2,1-5H3,(H2,23,24,25);1H. The fourth-order valence-corrected chi connectivity index (χ4v) is 3.63. The number of benzene rings is 1. The van der Waals surface area contributed by atoms with Crippen LogP contribution >= 0.6 is 24.0 Å². The normalized spacial score (nSPS) is 12.6. The fourth-order valence-electron chi connectivity index (χ4n) is 3.63. The lowest BCUT2D eigenvalue weighted by atomic mass is 10.2. The van der Waals surface area contributed by atoms with E-state index in [2.05, 4.69) is 80.0 Å². The number of hydrogen-bond donors (Lipinski definition) is 2. The lowest BCUT2D eigenvalue weighted by Crippen LogP contribution is -2.40. The van der Waals surface area contributed by atoms with Gasteiger partial charge in [0.2, 0.25) is 0 Å². The van der Waals surface area contributed by atoms with Gasteiger partial charge >= 0.3 is 0 Å². The topological polar surface area (TPSA) is 72.1 Å². The number of nitrogens with zero attached hydrogens (tertiary/aromatic N) is 5. The lowest BCUT2D eigenvalue weighted by molar-refractivity contribution is 0.435. The summed E-state index contributed by atoms with van der Waals surface area (Å²) >= 11 is 0. The zero-order valence-corrected chi connectivity index (χ0v) is 21.0. The van der Waals surface area contributed by atoms with Crippen LogP contribution < -0.4 is 10.6 Å². The Hall–Kier alpha value is -2.10. The van der Waals surface area contributed by atoms with Crippen molar-refractivity contribution in [3.63, 3.8) is 0 Å². The maximum atomic E-state index is 4.63. The monoisotopic (exact) mass is 523 g/mol. The van der Waals surface area contributed by atoms with Crippen LogP contribution in [0, 0.1) is 26.7 Å². The van der Waals surface area contributed by atoms with E-state index in [-0.39, 0.29) is 24.0 Å². The molecule has 3 rings (SSSR count). The van der Waals surface area contributed by atoms with Gasteiger partial charge in [0.15, 0.2) is 5.96 Å². The molecule has 7 nitrogen and oxygen atoms in total. The largest absolute Gasteiger partial charge is 0.356 e. The molecule has 3 aromatic rings. The van der Waals surface area contributed by atoms with Crippen LogP contribution in [0.1, 0.15) is 30.6 Å². The first kappa shape index (κ1) is 24.2. The third-order valence-electron chi connectivity index (χ3n) is 5.13. The molecule has 0 saturated carbocycles. The number of aliphatic imine (C=N–C) groups is 1. The number of guanidine groups is 1. The van der Waals surface area contributed by atoms with E-state index in [1.165, 1.54) is 11.2 Å². The second-order valence-electron chi connectivity index (χ2n) is 7.75. The molecular formula is C22H34IN7. The quantitative estimate of drug-likeness (QED) is 0.205. The van der Waals surface area contributed by atoms with E-state index in [9.17, 15) is 0 Å². The van der Waals surface area contributed by atoms with E-state index in [1.807, 2.05) is 20.0 Å². The summed E-state index contributed by atoms with van der Waals surface area (Å²) in [5.74, 6) is 2.36. The Balaban J connectivity index is 0.00000320. The van der Waals surface area contributed by atoms with E-state index in [4.69, 9.17) is 0 Å². The molecule has 0 bridgehead atoms. The number of halogens is 1. The molecule has 2 heterocycles. The molecule has 0 amide bonds. The molecule has 8 heteroatoms. The van der Waals surface area contributed by atoms with E-state index in [0.717, 1.165) is 55.6 Å². The molecule has 0 aliphatic heterocycles. The summed E-state index contributed by atoms with van der Waals surface area (Å²) in [5, 5.41) is 11.4. The van der Waals surface area contributed by atoms with Crippen LogP contribution in [-0.4, -0.2) is 45.4 Å². The second-order valence-corrected chi connectivity index (χ2v) is 7.75. The van der Waals surface area contributed by atoms with Gasteiger partial charge in [-0.05, 0) is 51.3 Å². The van der Waals surface area contributed by atoms with Crippen molar-refractivity contribution in [3.05, 3.63) is 47.5 Å². The van der Waals surface area contributed by atoms with Crippen LogP contribution in [0.3, 0.4) is 0 Å². The molecule has 1 aromatic carbocycles. The minimum atomic E-state index is 0. The van der Waals surface area contributed by atoms with Crippen molar-refractivity contribution in [2.75, 3.05) is 20.1 Å². The smallest absolute Gasteiger partial charge is 0.190 e. The molecule has 0 aliphatic rings. The summed E-state index contributed by atoms with van der Waals surface area (Å²) in [7, 11) is 1.81. The van der Waals surface area contributed by atoms with Gasteiger partial charge in [-0.25, -0.2) is 4.98 Å². The van der Waals surface area contributed by atoms with Crippen molar-refractivity contribution in [3.8, 4) is 0 Å². The Morgan fingerprint density at radius 1 is 1.17 bits per heavy atom. The Morgan fingerprint density at radius 2 is 1.93 bits per heavy atom. The Morgan fingerprint density at radius 3 is 2.63 bits per heavy atom. The molecule has 0 spiro atoms. The van der Waals surface area contributed by atoms with Crippen LogP contribution in [0.25, 0.3) is 11.0 Å². The highest BCUT2D eigenvalue weighted by Crippen LogP contribution is 2.15. The predicted octanol–water partition coefficient (Wildman–Crippen LogP) is 3.67. The third-order valence-corrected chi connectivity index (χ3v) is 5.13. The Bertz CT molecular complexity index is 973. The van der Waals surface area contributed by atoms with Crippen molar-refractivity contribution in [1.29, 1.82) is 0 Å². The van der Waals surface area contributed by atoms with Crippen molar-refractivity contribution >= 4 is 41.0 Å². The Labute approximate surface area is 196 Å². The van der Waals surface area contributed by atoms with E-state index in [1.54, 1.807) is 0 Å². The van der Waals surface area contributed by atoms with E-state index >= 15 is 0 Å². The van der Waals surface area contributed by atoms with Crippen LogP contribution in [-0.2, 0) is 13.1 Å². The maximum absolute atomic E-state index is 4.63. The summed E-state index contributed by atoms with van der Waals surface area (Å²) in [6.07, 6.45) is 1.00. The van der Waals surface area contributed by atoms with Gasteiger partial charge in [-0.1, -0.05) is 19.1 Å². The number of nitrogens with one attached hydrogen (secondary N) is 2. The molecule has 1 unspecified atom stereocenters. The maximum Gasteiger partial charge on any atom is 0.190 e. The molecule has 0 radical (unpaired) electrons. The van der Waals surface area contributed by atoms with Gasteiger partial charge in [-0.3, -0.25) is 9.67 Å². The van der Waals surface area contributed by atoms with Crippen molar-refractivity contribution in [2.24, 2.45) is 10.9 Å². The van der Waals surface area contributed by atoms with E-state index in [0.29, 0.717) is 5.92 Å². The highest BCUT2D eigenvalue weighted by molar-refractivity contribution is 14.0. The van der Waals surface area contributed by atoms with Crippen molar-refractivity contribution in [2.45, 2.75) is 47.2 Å². The van der Waals surface area contributed by atoms with Gasteiger partial charge in [-0.2, -0.15) is 5.10 Å². The highest BCUT2D eigenvalue weighted by Gasteiger charge is 2.09. The second kappa shape index (κ2) is 11.3. The summed E-state index contributed by atoms with van der Waals surface area (Å²) in [6, 6.07) is 10.4. The molecule has 164 valence electrons. The molecule has 2 N–H and O–H groups in total. The highest BCUT2D eigenvalue weighted by atomic mass is 127. The molecular weight excluding hydrogens is 489 g/mol. The molecule has 2 aromatic heterocycles. The minimum absolute atomic E-state index is 0. The number of imidazole rings is 1. The summed E-state index contributed by atoms with van der Waals surface area (Å²) < 4.78 is 4.36. The number of aromatic nitrogens is 4. The van der Waals surface area contributed by atoms with Gasteiger partial charge in [0.25, 0.3) is 0 Å². The number of para-hydroxylation sites is 2. The Kier molecular flexibility index (Phi) is 9.13. The van der Waals surface area contributed by atoms with Gasteiger partial charge < -0.3 is 15.2 Å². The fraction of sp³-hybridized carbons (Fsp3) is 0.500.